The molecule has 1 N–H and O–H groups in total. The van der Waals surface area contributed by atoms with Crippen LogP contribution in [0.1, 0.15) is 0 Å². The molecule has 0 radical (unpaired) electrons. The number of hydrogen-bond donors (Lipinski definition) is 1. The average Bonchev–Trinajstić information content (AvgIpc) is 2.24. The second-order valence-corrected chi connectivity index (χ2v) is 2.96. The number of nitrogens with one attached hydrogen (secondary N) is 1. The van der Waals surface area contributed by atoms with E-state index in [1.54, 1.807) is 0 Å². The third kappa shape index (κ3) is 3.58. The predicted octanol–water partition coefficient (Wildman–Crippen LogP) is 1.30. The molecule has 1 heterocycles. The van der Waals surface area contributed by atoms with E-state index in [0.29, 0.717) is 0 Å². The smallest absolute Gasteiger partial charge is 0.224 e. The van der Waals surface area contributed by atoms with Crippen molar-refractivity contribution in [2.75, 3.05) is 26.1 Å². The molecule has 1 rings (SSSR count). The summed E-state index contributed by atoms with van der Waals surface area (Å²) >= 11 is 5.51. The monoisotopic (exact) mass is 235 g/mol. The zero-order chi connectivity index (χ0) is 11.3. The van der Waals surface area contributed by atoms with Crippen molar-refractivity contribution in [2.45, 2.75) is 6.29 Å². The maximum Gasteiger partial charge on any atom is 0.224 e. The van der Waals surface area contributed by atoms with E-state index in [4.69, 9.17) is 21.1 Å². The summed E-state index contributed by atoms with van der Waals surface area (Å²) in [6, 6.07) is 0. The Labute approximate surface area is 91.6 Å². The Hall–Kier alpha value is -0.980. The van der Waals surface area contributed by atoms with Gasteiger partial charge in [0.25, 0.3) is 0 Å². The Morgan fingerprint density at radius 2 is 2.20 bits per heavy atom. The van der Waals surface area contributed by atoms with Crippen LogP contribution in [0.4, 0.5) is 10.2 Å². The van der Waals surface area contributed by atoms with Crippen molar-refractivity contribution in [1.29, 1.82) is 0 Å². The summed E-state index contributed by atoms with van der Waals surface area (Å²) in [5.74, 6) is -0.556. The molecular weight excluding hydrogens is 225 g/mol. The molecule has 0 bridgehead atoms. The molecule has 0 fully saturated rings. The maximum atomic E-state index is 13.1. The van der Waals surface area contributed by atoms with Crippen molar-refractivity contribution in [3.63, 3.8) is 0 Å². The van der Waals surface area contributed by atoms with Gasteiger partial charge in [-0.1, -0.05) is 0 Å². The van der Waals surface area contributed by atoms with E-state index >= 15 is 0 Å². The van der Waals surface area contributed by atoms with E-state index in [-0.39, 0.29) is 17.6 Å². The largest absolute Gasteiger partial charge is 0.362 e. The molecule has 0 aromatic carbocycles. The standard InChI is InChI=1S/C8H11ClFN3O2/c1-14-6(15-2)4-11-7-5(10)3-12-8(9)13-7/h3,6H,4H2,1-2H3,(H,11,12,13). The van der Waals surface area contributed by atoms with Crippen LogP contribution in [0, 0.1) is 5.82 Å². The number of halogens is 2. The van der Waals surface area contributed by atoms with Gasteiger partial charge in [-0.3, -0.25) is 0 Å². The summed E-state index contributed by atoms with van der Waals surface area (Å²) in [6.45, 7) is 0.261. The van der Waals surface area contributed by atoms with Crippen LogP contribution in [0.3, 0.4) is 0 Å². The number of anilines is 1. The Bertz CT molecular complexity index is 323. The van der Waals surface area contributed by atoms with Crippen molar-refractivity contribution in [2.24, 2.45) is 0 Å². The zero-order valence-corrected chi connectivity index (χ0v) is 9.08. The predicted molar refractivity (Wildman–Crippen MR) is 53.3 cm³/mol. The molecule has 0 saturated heterocycles. The van der Waals surface area contributed by atoms with E-state index in [1.165, 1.54) is 14.2 Å². The quantitative estimate of drug-likeness (QED) is 0.616. The van der Waals surface area contributed by atoms with Gasteiger partial charge in [0.05, 0.1) is 12.7 Å². The Kier molecular flexibility index (Phi) is 4.67. The van der Waals surface area contributed by atoms with Gasteiger partial charge in [-0.2, -0.15) is 4.98 Å². The van der Waals surface area contributed by atoms with E-state index in [1.807, 2.05) is 0 Å². The Morgan fingerprint density at radius 3 is 2.80 bits per heavy atom. The van der Waals surface area contributed by atoms with Crippen LogP contribution in [-0.4, -0.2) is 37.0 Å². The molecule has 1 aromatic heterocycles. The molecule has 0 aliphatic heterocycles. The number of nitrogens with zero attached hydrogens (tertiary/aromatic N) is 2. The van der Waals surface area contributed by atoms with Crippen LogP contribution in [-0.2, 0) is 9.47 Å². The first kappa shape index (κ1) is 12.1. The van der Waals surface area contributed by atoms with Gasteiger partial charge in [-0.05, 0) is 11.6 Å². The number of rotatable bonds is 5. The van der Waals surface area contributed by atoms with Crippen molar-refractivity contribution >= 4 is 17.4 Å². The van der Waals surface area contributed by atoms with Crippen LogP contribution in [0.2, 0.25) is 5.28 Å². The second-order valence-electron chi connectivity index (χ2n) is 2.62. The highest BCUT2D eigenvalue weighted by molar-refractivity contribution is 6.28. The lowest BCUT2D eigenvalue weighted by atomic mass is 10.5. The van der Waals surface area contributed by atoms with Crippen LogP contribution in [0.25, 0.3) is 0 Å². The van der Waals surface area contributed by atoms with Gasteiger partial charge in [0.15, 0.2) is 17.9 Å². The first-order valence-electron chi connectivity index (χ1n) is 4.15. The minimum atomic E-state index is -0.578. The Morgan fingerprint density at radius 1 is 1.53 bits per heavy atom. The fourth-order valence-electron chi connectivity index (χ4n) is 0.912. The van der Waals surface area contributed by atoms with Crippen LogP contribution < -0.4 is 5.32 Å². The molecule has 0 unspecified atom stereocenters. The lowest BCUT2D eigenvalue weighted by molar-refractivity contribution is -0.0914. The van der Waals surface area contributed by atoms with Crippen LogP contribution in [0.15, 0.2) is 6.20 Å². The molecule has 0 saturated carbocycles. The van der Waals surface area contributed by atoms with Crippen molar-refractivity contribution < 1.29 is 13.9 Å². The minimum Gasteiger partial charge on any atom is -0.362 e. The Balaban J connectivity index is 2.60. The van der Waals surface area contributed by atoms with Gasteiger partial charge in [-0.15, -0.1) is 0 Å². The van der Waals surface area contributed by atoms with Crippen molar-refractivity contribution in [1.82, 2.24) is 9.97 Å². The molecule has 0 aliphatic rings. The highest BCUT2D eigenvalue weighted by Crippen LogP contribution is 2.11. The zero-order valence-electron chi connectivity index (χ0n) is 8.33. The van der Waals surface area contributed by atoms with Gasteiger partial charge < -0.3 is 14.8 Å². The second kappa shape index (κ2) is 5.79. The third-order valence-electron chi connectivity index (χ3n) is 1.68. The number of methoxy groups -OCH3 is 2. The summed E-state index contributed by atoms with van der Waals surface area (Å²) in [6.07, 6.45) is 0.518. The molecule has 15 heavy (non-hydrogen) atoms. The summed E-state index contributed by atoms with van der Waals surface area (Å²) in [4.78, 5) is 7.15. The molecular formula is C8H11ClFN3O2. The molecule has 0 amide bonds. The minimum absolute atomic E-state index is 0.0223. The van der Waals surface area contributed by atoms with E-state index in [9.17, 15) is 4.39 Å². The van der Waals surface area contributed by atoms with Gasteiger partial charge in [0.2, 0.25) is 5.28 Å². The van der Waals surface area contributed by atoms with Gasteiger partial charge in [0, 0.05) is 14.2 Å². The summed E-state index contributed by atoms with van der Waals surface area (Å²) in [5.41, 5.74) is 0. The molecule has 0 spiro atoms. The molecule has 7 heteroatoms. The lowest BCUT2D eigenvalue weighted by Gasteiger charge is -2.14. The van der Waals surface area contributed by atoms with Crippen molar-refractivity contribution in [3.05, 3.63) is 17.3 Å². The van der Waals surface area contributed by atoms with E-state index < -0.39 is 12.1 Å². The fraction of sp³-hybridized carbons (Fsp3) is 0.500. The topological polar surface area (TPSA) is 56.3 Å². The van der Waals surface area contributed by atoms with Gasteiger partial charge in [-0.25, -0.2) is 9.37 Å². The highest BCUT2D eigenvalue weighted by atomic mass is 35.5. The molecule has 0 atom stereocenters. The van der Waals surface area contributed by atoms with E-state index in [0.717, 1.165) is 6.20 Å². The summed E-state index contributed by atoms with van der Waals surface area (Å²) < 4.78 is 22.9. The first-order valence-corrected chi connectivity index (χ1v) is 4.52. The lowest BCUT2D eigenvalue weighted by Crippen LogP contribution is -2.24. The number of hydrogen-bond acceptors (Lipinski definition) is 5. The van der Waals surface area contributed by atoms with Gasteiger partial charge in [0.1, 0.15) is 0 Å². The SMILES string of the molecule is COC(CNc1nc(Cl)ncc1F)OC. The average molecular weight is 236 g/mol. The molecule has 84 valence electrons. The van der Waals surface area contributed by atoms with Crippen LogP contribution >= 0.6 is 11.6 Å². The molecule has 1 aromatic rings. The van der Waals surface area contributed by atoms with Crippen molar-refractivity contribution in [3.8, 4) is 0 Å². The number of aromatic nitrogens is 2. The summed E-state index contributed by atoms with van der Waals surface area (Å²) in [5, 5.41) is 2.67. The molecule has 5 nitrogen and oxygen atoms in total. The fourth-order valence-corrected chi connectivity index (χ4v) is 1.05. The summed E-state index contributed by atoms with van der Waals surface area (Å²) in [7, 11) is 2.97. The van der Waals surface area contributed by atoms with Gasteiger partial charge >= 0.3 is 0 Å². The van der Waals surface area contributed by atoms with Crippen LogP contribution in [0.5, 0.6) is 0 Å². The highest BCUT2D eigenvalue weighted by Gasteiger charge is 2.09. The molecule has 0 aliphatic carbocycles. The third-order valence-corrected chi connectivity index (χ3v) is 1.86. The van der Waals surface area contributed by atoms with E-state index in [2.05, 4.69) is 15.3 Å². The maximum absolute atomic E-state index is 13.1. The normalized spacial score (nSPS) is 10.7. The number of ether oxygens (including phenoxy) is 2. The first-order chi connectivity index (χ1) is 7.17.